The first kappa shape index (κ1) is 11.7. The summed E-state index contributed by atoms with van der Waals surface area (Å²) in [7, 11) is 0. The van der Waals surface area contributed by atoms with Crippen LogP contribution < -0.4 is 6.15 Å². The van der Waals surface area contributed by atoms with Gasteiger partial charge in [-0.25, -0.2) is 0 Å². The van der Waals surface area contributed by atoms with Crippen LogP contribution >= 0.6 is 0 Å². The number of nitro groups is 1. The van der Waals surface area contributed by atoms with Gasteiger partial charge in [-0.2, -0.15) is 0 Å². The van der Waals surface area contributed by atoms with Crippen molar-refractivity contribution in [3.63, 3.8) is 0 Å². The van der Waals surface area contributed by atoms with Crippen LogP contribution in [0, 0.1) is 10.1 Å². The molecule has 0 saturated heterocycles. The summed E-state index contributed by atoms with van der Waals surface area (Å²) < 4.78 is 0. The topological polar surface area (TPSA) is 133 Å². The monoisotopic (exact) mass is 195 g/mol. The first-order valence-electron chi connectivity index (χ1n) is 1.68. The van der Waals surface area contributed by atoms with Gasteiger partial charge in [0.15, 0.2) is 0 Å². The van der Waals surface area contributed by atoms with Crippen LogP contribution in [0.2, 0.25) is 0 Å². The van der Waals surface area contributed by atoms with Gasteiger partial charge in [-0.3, -0.25) is 0 Å². The van der Waals surface area contributed by atoms with Crippen LogP contribution in [0.15, 0.2) is 0 Å². The molecule has 10 heavy (non-hydrogen) atoms. The molecule has 1 rings (SSSR count). The Bertz CT molecular complexity index is 184. The van der Waals surface area contributed by atoms with Gasteiger partial charge in [0.25, 0.3) is 0 Å². The first-order valence-corrected chi connectivity index (χ1v) is 1.68. The van der Waals surface area contributed by atoms with Crippen molar-refractivity contribution in [1.82, 2.24) is 26.8 Å². The summed E-state index contributed by atoms with van der Waals surface area (Å²) in [5.41, 5.74) is 0. The molecule has 1 heterocycles. The molecule has 0 unspecified atom stereocenters. The number of rotatable bonds is 1. The molecule has 0 aliphatic carbocycles. The summed E-state index contributed by atoms with van der Waals surface area (Å²) in [5.74, 6) is -0.509. The largest absolute Gasteiger partial charge is 2.00 e. The third kappa shape index (κ3) is 2.48. The summed E-state index contributed by atoms with van der Waals surface area (Å²) in [5, 5.41) is 20.7. The van der Waals surface area contributed by atoms with E-state index in [-0.39, 0.29) is 23.2 Å². The molecule has 0 aliphatic rings. The van der Waals surface area contributed by atoms with E-state index in [1.165, 1.54) is 0 Å². The zero-order valence-electron chi connectivity index (χ0n) is 4.61. The normalized spacial score (nSPS) is 7.20. The van der Waals surface area contributed by atoms with Crippen molar-refractivity contribution >= 4 is 5.95 Å². The van der Waals surface area contributed by atoms with Crippen molar-refractivity contribution in [2.24, 2.45) is 0 Å². The third-order valence-corrected chi connectivity index (χ3v) is 0.497. The van der Waals surface area contributed by atoms with E-state index in [4.69, 9.17) is 0 Å². The fourth-order valence-corrected chi connectivity index (χ4v) is 0.234. The predicted octanol–water partition coefficient (Wildman–Crippen LogP) is -0.733. The predicted molar refractivity (Wildman–Crippen MR) is 25.9 cm³/mol. The minimum atomic E-state index is -0.733. The number of H-pyrrole nitrogens is 1. The smallest absolute Gasteiger partial charge is 0.390 e. The Balaban J connectivity index is 0. The molecule has 1 aromatic heterocycles. The molecule has 0 amide bonds. The van der Waals surface area contributed by atoms with E-state index < -0.39 is 10.9 Å². The van der Waals surface area contributed by atoms with Gasteiger partial charge in [-0.15, -0.1) is 0 Å². The maximum atomic E-state index is 9.68. The third-order valence-electron chi connectivity index (χ3n) is 0.497. The number of hydrogen-bond acceptors (Lipinski definition) is 6. The molecule has 0 fully saturated rings. The van der Waals surface area contributed by atoms with Gasteiger partial charge in [0.05, 0.1) is 5.10 Å². The fraction of sp³-hybridized carbons (Fsp3) is 0. The molecule has 0 bridgehead atoms. The summed E-state index contributed by atoms with van der Waals surface area (Å²) in [6.07, 6.45) is 0. The molecule has 0 aromatic carbocycles. The molecular weight excluding hydrogens is 192 g/mol. The molecule has 59 valence electrons. The van der Waals surface area contributed by atoms with Crippen molar-refractivity contribution in [1.29, 1.82) is 0 Å². The van der Waals surface area contributed by atoms with Crippen LogP contribution in [0.1, 0.15) is 0 Å². The Morgan fingerprint density at radius 1 is 1.60 bits per heavy atom. The second-order valence-corrected chi connectivity index (χ2v) is 0.969. The van der Waals surface area contributed by atoms with Gasteiger partial charge < -0.3 is 16.3 Å². The molecule has 0 spiro atoms. The van der Waals surface area contributed by atoms with E-state index in [1.807, 2.05) is 5.21 Å². The number of tetrazole rings is 1. The van der Waals surface area contributed by atoms with Gasteiger partial charge in [0.2, 0.25) is 0 Å². The van der Waals surface area contributed by atoms with E-state index in [0.29, 0.717) is 0 Å². The van der Waals surface area contributed by atoms with Crippen molar-refractivity contribution in [2.45, 2.75) is 0 Å². The van der Waals surface area contributed by atoms with Gasteiger partial charge in [-0.05, 0) is 4.92 Å². The molecule has 4 N–H and O–H groups in total. The Morgan fingerprint density at radius 2 is 2.20 bits per heavy atom. The second kappa shape index (κ2) is 4.79. The van der Waals surface area contributed by atoms with E-state index >= 15 is 0 Å². The van der Waals surface area contributed by atoms with Gasteiger partial charge in [-0.1, -0.05) is 5.21 Å². The van der Waals surface area contributed by atoms with Crippen LogP contribution in [0.25, 0.3) is 0 Å². The molecule has 0 aliphatic heterocycles. The van der Waals surface area contributed by atoms with Crippen LogP contribution in [-0.2, 0) is 17.1 Å². The fourth-order valence-electron chi connectivity index (χ4n) is 0.234. The average molecular weight is 196 g/mol. The summed E-state index contributed by atoms with van der Waals surface area (Å²) in [6.45, 7) is 0. The number of aromatic amines is 1. The zero-order chi connectivity index (χ0) is 5.98. The van der Waals surface area contributed by atoms with Crippen LogP contribution in [-0.4, -0.2) is 25.5 Å². The number of nitrogens with zero attached hydrogens (tertiary/aromatic N) is 4. The molecule has 0 saturated carbocycles. The molecule has 0 atom stereocenters. The van der Waals surface area contributed by atoms with Gasteiger partial charge >= 0.3 is 23.0 Å². The van der Waals surface area contributed by atoms with E-state index in [9.17, 15) is 10.1 Å². The number of nitrogens with one attached hydrogen (secondary N) is 1. The van der Waals surface area contributed by atoms with Crippen LogP contribution in [0.4, 0.5) is 5.95 Å². The number of hydrogen-bond donors (Lipinski definition) is 2. The Morgan fingerprint density at radius 3 is 2.40 bits per heavy atom. The Hall–Kier alpha value is -1.05. The van der Waals surface area contributed by atoms with Crippen molar-refractivity contribution in [2.75, 3.05) is 0 Å². The van der Waals surface area contributed by atoms with E-state index in [2.05, 4.69) is 15.4 Å². The van der Waals surface area contributed by atoms with Gasteiger partial charge in [0, 0.05) is 10.3 Å². The minimum absolute atomic E-state index is 0. The molecule has 1 radical (unpaired) electrons. The first-order chi connectivity index (χ1) is 3.80. The molecule has 8 nitrogen and oxygen atoms in total. The Kier molecular flexibility index (Phi) is 5.61. The van der Waals surface area contributed by atoms with Crippen molar-refractivity contribution in [3.05, 3.63) is 10.1 Å². The molecule has 9 heteroatoms. The van der Waals surface area contributed by atoms with Crippen LogP contribution in [0.5, 0.6) is 0 Å². The maximum absolute atomic E-state index is 9.68. The quantitative estimate of drug-likeness (QED) is 0.345. The Labute approximate surface area is 65.6 Å². The van der Waals surface area contributed by atoms with Gasteiger partial charge in [0.1, 0.15) is 0 Å². The van der Waals surface area contributed by atoms with Crippen LogP contribution in [0.3, 0.4) is 0 Å². The number of aromatic nitrogens is 4. The average Bonchev–Trinajstić information content (AvgIpc) is 2.12. The standard InChI is InChI=1S/CHN5O2.Cu.H3N/c7-6(8)1-2-4-5-3-1;;/h(H,2,3,4,5);;1H3/q;+2;. The zero-order valence-corrected chi connectivity index (χ0v) is 5.56. The minimum Gasteiger partial charge on any atom is -0.390 e. The maximum Gasteiger partial charge on any atom is 2.00 e. The van der Waals surface area contributed by atoms with Crippen molar-refractivity contribution < 1.29 is 22.0 Å². The molecule has 1 aromatic rings. The summed E-state index contributed by atoms with van der Waals surface area (Å²) >= 11 is 0. The summed E-state index contributed by atoms with van der Waals surface area (Å²) in [6, 6.07) is 0. The summed E-state index contributed by atoms with van der Waals surface area (Å²) in [4.78, 5) is 8.95. The second-order valence-electron chi connectivity index (χ2n) is 0.969. The molecular formula is CH4CuN6O2+2. The van der Waals surface area contributed by atoms with Crippen molar-refractivity contribution in [3.8, 4) is 0 Å². The van der Waals surface area contributed by atoms with E-state index in [0.717, 1.165) is 0 Å². The SMILES string of the molecule is N.O=[N+]([O-])c1nn[nH]n1.[Cu+2]. The van der Waals surface area contributed by atoms with E-state index in [1.54, 1.807) is 0 Å².